The zero-order valence-corrected chi connectivity index (χ0v) is 15.6. The molecule has 7 nitrogen and oxygen atoms in total. The highest BCUT2D eigenvalue weighted by atomic mass is 16.2. The molecule has 3 N–H and O–H groups in total. The number of hydrogen-bond acceptors (Lipinski definition) is 3. The first kappa shape index (κ1) is 18.0. The van der Waals surface area contributed by atoms with E-state index >= 15 is 0 Å². The molecular formula is C21H22N4O3. The summed E-state index contributed by atoms with van der Waals surface area (Å²) in [6.45, 7) is 2.76. The molecule has 0 bridgehead atoms. The first-order valence-corrected chi connectivity index (χ1v) is 9.36. The predicted octanol–water partition coefficient (Wildman–Crippen LogP) is 2.58. The summed E-state index contributed by atoms with van der Waals surface area (Å²) in [5.41, 5.74) is 4.13. The molecule has 4 rings (SSSR count). The molecule has 2 aliphatic rings. The van der Waals surface area contributed by atoms with Gasteiger partial charge in [-0.3, -0.25) is 9.59 Å². The maximum atomic E-state index is 13.0. The number of rotatable bonds is 2. The summed E-state index contributed by atoms with van der Waals surface area (Å²) in [6, 6.07) is 12.1. The SMILES string of the molecule is Cc1ccccc1C1C(=O)NCCN1C(=O)Nc1ccc2c(c1)NC(=O)CC2. The molecule has 1 unspecified atom stereocenters. The van der Waals surface area contributed by atoms with Gasteiger partial charge in [-0.15, -0.1) is 0 Å². The van der Waals surface area contributed by atoms with Crippen LogP contribution in [0.15, 0.2) is 42.5 Å². The molecule has 7 heteroatoms. The van der Waals surface area contributed by atoms with Crippen LogP contribution in [0.3, 0.4) is 0 Å². The summed E-state index contributed by atoms with van der Waals surface area (Å²) in [6.07, 6.45) is 1.16. The number of benzene rings is 2. The normalized spacial score (nSPS) is 18.8. The molecule has 2 heterocycles. The first-order valence-electron chi connectivity index (χ1n) is 9.36. The highest BCUT2D eigenvalue weighted by molar-refractivity contribution is 5.97. The van der Waals surface area contributed by atoms with Gasteiger partial charge in [-0.25, -0.2) is 4.79 Å². The third-order valence-electron chi connectivity index (χ3n) is 5.21. The Bertz CT molecular complexity index is 956. The molecule has 0 aromatic heterocycles. The molecular weight excluding hydrogens is 356 g/mol. The van der Waals surface area contributed by atoms with Crippen molar-refractivity contribution in [2.45, 2.75) is 25.8 Å². The molecule has 1 atom stereocenters. The average molecular weight is 378 g/mol. The number of nitrogens with zero attached hydrogens (tertiary/aromatic N) is 1. The van der Waals surface area contributed by atoms with Gasteiger partial charge in [-0.05, 0) is 42.2 Å². The number of anilines is 2. The summed E-state index contributed by atoms with van der Waals surface area (Å²) < 4.78 is 0. The molecule has 0 aliphatic carbocycles. The zero-order chi connectivity index (χ0) is 19.7. The van der Waals surface area contributed by atoms with Gasteiger partial charge in [0.2, 0.25) is 11.8 Å². The van der Waals surface area contributed by atoms with Gasteiger partial charge in [-0.2, -0.15) is 0 Å². The first-order chi connectivity index (χ1) is 13.5. The van der Waals surface area contributed by atoms with Crippen molar-refractivity contribution in [2.75, 3.05) is 23.7 Å². The van der Waals surface area contributed by atoms with Gasteiger partial charge in [-0.1, -0.05) is 30.3 Å². The fourth-order valence-corrected chi connectivity index (χ4v) is 3.73. The Morgan fingerprint density at radius 1 is 1.14 bits per heavy atom. The van der Waals surface area contributed by atoms with Gasteiger partial charge in [0.25, 0.3) is 0 Å². The number of hydrogen-bond donors (Lipinski definition) is 3. The number of carbonyl (C=O) groups is 3. The second kappa shape index (κ2) is 7.34. The van der Waals surface area contributed by atoms with Crippen molar-refractivity contribution in [1.82, 2.24) is 10.2 Å². The minimum Gasteiger partial charge on any atom is -0.352 e. The molecule has 1 fully saturated rings. The molecule has 2 aromatic rings. The van der Waals surface area contributed by atoms with Crippen molar-refractivity contribution in [3.05, 3.63) is 59.2 Å². The standard InChI is InChI=1S/C21H22N4O3/c1-13-4-2-3-5-16(13)19-20(27)22-10-11-25(19)21(28)23-15-8-6-14-7-9-18(26)24-17(14)12-15/h2-6,8,12,19H,7,9-11H2,1H3,(H,22,27)(H,23,28)(H,24,26). The van der Waals surface area contributed by atoms with Crippen LogP contribution in [0.2, 0.25) is 0 Å². The number of amides is 4. The van der Waals surface area contributed by atoms with Gasteiger partial charge in [0.05, 0.1) is 0 Å². The van der Waals surface area contributed by atoms with E-state index in [0.717, 1.165) is 22.4 Å². The van der Waals surface area contributed by atoms with Crippen LogP contribution in [-0.4, -0.2) is 35.8 Å². The Morgan fingerprint density at radius 2 is 1.96 bits per heavy atom. The Morgan fingerprint density at radius 3 is 2.79 bits per heavy atom. The second-order valence-corrected chi connectivity index (χ2v) is 7.09. The van der Waals surface area contributed by atoms with Crippen molar-refractivity contribution in [2.24, 2.45) is 0 Å². The van der Waals surface area contributed by atoms with E-state index < -0.39 is 6.04 Å². The van der Waals surface area contributed by atoms with E-state index in [4.69, 9.17) is 0 Å². The van der Waals surface area contributed by atoms with Crippen molar-refractivity contribution in [3.63, 3.8) is 0 Å². The smallest absolute Gasteiger partial charge is 0.322 e. The zero-order valence-electron chi connectivity index (χ0n) is 15.6. The summed E-state index contributed by atoms with van der Waals surface area (Å²) in [5.74, 6) is -0.211. The summed E-state index contributed by atoms with van der Waals surface area (Å²) >= 11 is 0. The van der Waals surface area contributed by atoms with E-state index in [1.54, 1.807) is 11.0 Å². The van der Waals surface area contributed by atoms with E-state index in [1.807, 2.05) is 43.3 Å². The fourth-order valence-electron chi connectivity index (χ4n) is 3.73. The minimum absolute atomic E-state index is 0.0247. The van der Waals surface area contributed by atoms with Crippen LogP contribution < -0.4 is 16.0 Å². The van der Waals surface area contributed by atoms with Crippen molar-refractivity contribution in [1.29, 1.82) is 0 Å². The number of fused-ring (bicyclic) bond motifs is 1. The Labute approximate surface area is 163 Å². The van der Waals surface area contributed by atoms with Crippen LogP contribution in [0.1, 0.15) is 29.2 Å². The molecule has 144 valence electrons. The van der Waals surface area contributed by atoms with E-state index in [9.17, 15) is 14.4 Å². The average Bonchev–Trinajstić information content (AvgIpc) is 2.68. The summed E-state index contributed by atoms with van der Waals surface area (Å²) in [5, 5.41) is 8.55. The molecule has 1 saturated heterocycles. The van der Waals surface area contributed by atoms with Gasteiger partial charge >= 0.3 is 6.03 Å². The largest absolute Gasteiger partial charge is 0.352 e. The van der Waals surface area contributed by atoms with Gasteiger partial charge in [0.15, 0.2) is 0 Å². The Balaban J connectivity index is 1.58. The van der Waals surface area contributed by atoms with Crippen LogP contribution in [0, 0.1) is 6.92 Å². The second-order valence-electron chi connectivity index (χ2n) is 7.09. The molecule has 0 spiro atoms. The number of piperazine rings is 1. The number of aryl methyl sites for hydroxylation is 2. The molecule has 28 heavy (non-hydrogen) atoms. The minimum atomic E-state index is -0.674. The topological polar surface area (TPSA) is 90.5 Å². The van der Waals surface area contributed by atoms with Gasteiger partial charge < -0.3 is 20.9 Å². The lowest BCUT2D eigenvalue weighted by molar-refractivity contribution is -0.127. The number of urea groups is 1. The van der Waals surface area contributed by atoms with E-state index in [0.29, 0.717) is 31.6 Å². The quantitative estimate of drug-likeness (QED) is 0.750. The van der Waals surface area contributed by atoms with Crippen molar-refractivity contribution in [3.8, 4) is 0 Å². The third kappa shape index (κ3) is 3.43. The van der Waals surface area contributed by atoms with E-state index in [1.165, 1.54) is 0 Å². The monoisotopic (exact) mass is 378 g/mol. The van der Waals surface area contributed by atoms with E-state index in [2.05, 4.69) is 16.0 Å². The van der Waals surface area contributed by atoms with Crippen LogP contribution in [0.25, 0.3) is 0 Å². The van der Waals surface area contributed by atoms with Gasteiger partial charge in [0.1, 0.15) is 6.04 Å². The highest BCUT2D eigenvalue weighted by Gasteiger charge is 2.35. The van der Waals surface area contributed by atoms with Crippen LogP contribution in [0.4, 0.5) is 16.2 Å². The van der Waals surface area contributed by atoms with Gasteiger partial charge in [0, 0.05) is 30.9 Å². The predicted molar refractivity (Wildman–Crippen MR) is 106 cm³/mol. The molecule has 0 radical (unpaired) electrons. The molecule has 2 aliphatic heterocycles. The number of carbonyl (C=O) groups excluding carboxylic acids is 3. The summed E-state index contributed by atoms with van der Waals surface area (Å²) in [4.78, 5) is 38.7. The molecule has 2 aromatic carbocycles. The van der Waals surface area contributed by atoms with Crippen LogP contribution >= 0.6 is 0 Å². The lowest BCUT2D eigenvalue weighted by atomic mass is 9.98. The molecule has 4 amide bonds. The maximum Gasteiger partial charge on any atom is 0.322 e. The lowest BCUT2D eigenvalue weighted by Crippen LogP contribution is -2.53. The number of nitrogens with one attached hydrogen (secondary N) is 3. The molecule has 0 saturated carbocycles. The van der Waals surface area contributed by atoms with E-state index in [-0.39, 0.29) is 17.8 Å². The maximum absolute atomic E-state index is 13.0. The third-order valence-corrected chi connectivity index (χ3v) is 5.21. The highest BCUT2D eigenvalue weighted by Crippen LogP contribution is 2.29. The van der Waals surface area contributed by atoms with Crippen molar-refractivity contribution >= 4 is 29.2 Å². The Hall–Kier alpha value is -3.35. The lowest BCUT2D eigenvalue weighted by Gasteiger charge is -2.36. The van der Waals surface area contributed by atoms with Crippen molar-refractivity contribution < 1.29 is 14.4 Å². The fraction of sp³-hybridized carbons (Fsp3) is 0.286. The Kier molecular flexibility index (Phi) is 4.73. The van der Waals surface area contributed by atoms with Crippen LogP contribution in [-0.2, 0) is 16.0 Å². The summed E-state index contributed by atoms with van der Waals surface area (Å²) in [7, 11) is 0. The van der Waals surface area contributed by atoms with Crippen LogP contribution in [0.5, 0.6) is 0 Å².